The van der Waals surface area contributed by atoms with Gasteiger partial charge in [0.05, 0.1) is 11.5 Å². The molecule has 2 aliphatic heterocycles. The van der Waals surface area contributed by atoms with Gasteiger partial charge in [-0.05, 0) is 42.2 Å². The van der Waals surface area contributed by atoms with Crippen LogP contribution in [0.3, 0.4) is 0 Å². The summed E-state index contributed by atoms with van der Waals surface area (Å²) in [6, 6.07) is 24.8. The van der Waals surface area contributed by atoms with Gasteiger partial charge in [-0.15, -0.1) is 0 Å². The van der Waals surface area contributed by atoms with Gasteiger partial charge in [0.2, 0.25) is 10.0 Å². The van der Waals surface area contributed by atoms with Crippen molar-refractivity contribution in [1.29, 1.82) is 0 Å². The van der Waals surface area contributed by atoms with Crippen molar-refractivity contribution in [2.45, 2.75) is 36.7 Å². The van der Waals surface area contributed by atoms with E-state index in [1.807, 2.05) is 25.1 Å². The summed E-state index contributed by atoms with van der Waals surface area (Å²) >= 11 is 0. The highest BCUT2D eigenvalue weighted by molar-refractivity contribution is 7.89. The zero-order chi connectivity index (χ0) is 25.3. The number of rotatable bonds is 6. The Kier molecular flexibility index (Phi) is 7.13. The molecule has 5 nitrogen and oxygen atoms in total. The first-order valence-corrected chi connectivity index (χ1v) is 14.0. The molecule has 0 radical (unpaired) electrons. The van der Waals surface area contributed by atoms with Gasteiger partial charge in [-0.1, -0.05) is 84.4 Å². The topological polar surface area (TPSA) is 49.9 Å². The predicted octanol–water partition coefficient (Wildman–Crippen LogP) is 5.01. The lowest BCUT2D eigenvalue weighted by Crippen LogP contribution is -2.67. The monoisotopic (exact) mass is 502 g/mol. The molecule has 188 valence electrons. The van der Waals surface area contributed by atoms with Crippen molar-refractivity contribution >= 4 is 10.0 Å². The van der Waals surface area contributed by atoms with Gasteiger partial charge in [-0.2, -0.15) is 4.31 Å². The Labute approximate surface area is 215 Å². The van der Waals surface area contributed by atoms with Crippen LogP contribution in [0.25, 0.3) is 11.1 Å². The van der Waals surface area contributed by atoms with Crippen LogP contribution in [-0.2, 0) is 14.8 Å². The van der Waals surface area contributed by atoms with Crippen LogP contribution in [0.5, 0.6) is 0 Å². The summed E-state index contributed by atoms with van der Waals surface area (Å²) < 4.78 is 34.6. The van der Waals surface area contributed by atoms with Crippen LogP contribution in [-0.4, -0.2) is 63.1 Å². The summed E-state index contributed by atoms with van der Waals surface area (Å²) in [4.78, 5) is 2.77. The lowest BCUT2D eigenvalue weighted by atomic mass is 9.74. The van der Waals surface area contributed by atoms with Crippen LogP contribution < -0.4 is 0 Å². The van der Waals surface area contributed by atoms with E-state index in [4.69, 9.17) is 4.74 Å². The summed E-state index contributed by atoms with van der Waals surface area (Å²) in [6.07, 6.45) is 4.06. The molecular formula is C30H34N2O3S. The molecule has 6 heteroatoms. The molecule has 5 rings (SSSR count). The highest BCUT2D eigenvalue weighted by Gasteiger charge is 2.50. The standard InChI is InChI=1S/C30H34N2O3S/c1-22-9-8-11-26(19-22)24-13-15-25(16-14-24)30-27-20-31(17-6-7-18-32(27)28(30)21-35-3)36(33,34)29-12-5-4-10-23(29)2/h4-16,19,27-28,30H,17-18,20-21H2,1-3H3/t27-,28+,30-/m0/s1. The van der Waals surface area contributed by atoms with Crippen molar-refractivity contribution in [3.05, 3.63) is 102 Å². The molecule has 1 saturated heterocycles. The molecular weight excluding hydrogens is 468 g/mol. The van der Waals surface area contributed by atoms with Gasteiger partial charge in [0.15, 0.2) is 0 Å². The third-order valence-corrected chi connectivity index (χ3v) is 9.55. The van der Waals surface area contributed by atoms with E-state index in [1.165, 1.54) is 22.3 Å². The third-order valence-electron chi connectivity index (χ3n) is 7.56. The lowest BCUT2D eigenvalue weighted by Gasteiger charge is -2.56. The molecule has 36 heavy (non-hydrogen) atoms. The molecule has 1 fully saturated rings. The van der Waals surface area contributed by atoms with Crippen molar-refractivity contribution in [3.63, 3.8) is 0 Å². The normalized spacial score (nSPS) is 22.9. The van der Waals surface area contributed by atoms with E-state index in [2.05, 4.69) is 66.4 Å². The lowest BCUT2D eigenvalue weighted by molar-refractivity contribution is -0.0508. The fraction of sp³-hybridized carbons (Fsp3) is 0.333. The molecule has 3 aromatic rings. The van der Waals surface area contributed by atoms with E-state index < -0.39 is 10.0 Å². The maximum atomic E-state index is 13.7. The first kappa shape index (κ1) is 24.9. The maximum Gasteiger partial charge on any atom is 0.243 e. The number of hydrogen-bond acceptors (Lipinski definition) is 4. The van der Waals surface area contributed by atoms with E-state index in [0.717, 1.165) is 12.1 Å². The zero-order valence-corrected chi connectivity index (χ0v) is 22.0. The van der Waals surface area contributed by atoms with Crippen molar-refractivity contribution in [3.8, 4) is 11.1 Å². The number of fused-ring (bicyclic) bond motifs is 1. The second-order valence-corrected chi connectivity index (χ2v) is 11.8. The summed E-state index contributed by atoms with van der Waals surface area (Å²) in [6.45, 7) is 6.21. The summed E-state index contributed by atoms with van der Waals surface area (Å²) in [7, 11) is -1.88. The van der Waals surface area contributed by atoms with E-state index in [1.54, 1.807) is 23.5 Å². The highest BCUT2D eigenvalue weighted by atomic mass is 32.2. The number of aryl methyl sites for hydroxylation is 2. The van der Waals surface area contributed by atoms with Crippen molar-refractivity contribution in [1.82, 2.24) is 9.21 Å². The van der Waals surface area contributed by atoms with Crippen LogP contribution in [0.2, 0.25) is 0 Å². The molecule has 0 spiro atoms. The molecule has 3 aromatic carbocycles. The van der Waals surface area contributed by atoms with Crippen LogP contribution in [0.4, 0.5) is 0 Å². The van der Waals surface area contributed by atoms with Gasteiger partial charge in [0, 0.05) is 44.7 Å². The van der Waals surface area contributed by atoms with Crippen molar-refractivity contribution in [2.24, 2.45) is 0 Å². The molecule has 2 aliphatic rings. The molecule has 0 saturated carbocycles. The fourth-order valence-electron chi connectivity index (χ4n) is 5.69. The molecule has 2 heterocycles. The van der Waals surface area contributed by atoms with E-state index in [-0.39, 0.29) is 18.0 Å². The molecule has 0 N–H and O–H groups in total. The minimum atomic E-state index is -3.61. The smallest absolute Gasteiger partial charge is 0.243 e. The second-order valence-electron chi connectivity index (χ2n) is 9.86. The minimum Gasteiger partial charge on any atom is -0.383 e. The average molecular weight is 503 g/mol. The summed E-state index contributed by atoms with van der Waals surface area (Å²) in [5.41, 5.74) is 5.63. The van der Waals surface area contributed by atoms with Crippen LogP contribution >= 0.6 is 0 Å². The molecule has 0 unspecified atom stereocenters. The van der Waals surface area contributed by atoms with Gasteiger partial charge in [0.1, 0.15) is 0 Å². The van der Waals surface area contributed by atoms with E-state index in [9.17, 15) is 8.42 Å². The Balaban J connectivity index is 1.46. The molecule has 0 aromatic heterocycles. The summed E-state index contributed by atoms with van der Waals surface area (Å²) in [5.74, 6) is 0.192. The molecule has 0 amide bonds. The predicted molar refractivity (Wildman–Crippen MR) is 145 cm³/mol. The van der Waals surface area contributed by atoms with Gasteiger partial charge in [-0.3, -0.25) is 4.90 Å². The highest BCUT2D eigenvalue weighted by Crippen LogP contribution is 2.43. The number of sulfonamides is 1. The Bertz CT molecular complexity index is 1350. The Morgan fingerprint density at radius 2 is 1.64 bits per heavy atom. The Morgan fingerprint density at radius 3 is 2.36 bits per heavy atom. The average Bonchev–Trinajstić information content (AvgIpc) is 2.85. The van der Waals surface area contributed by atoms with Crippen LogP contribution in [0.1, 0.15) is 22.6 Å². The van der Waals surface area contributed by atoms with Gasteiger partial charge < -0.3 is 4.74 Å². The number of ether oxygens (including phenoxy) is 1. The van der Waals surface area contributed by atoms with Gasteiger partial charge >= 0.3 is 0 Å². The SMILES string of the molecule is COC[C@@H]1[C@@H](c2ccc(-c3cccc(C)c3)cc2)[C@@H]2CN(S(=O)(=O)c3ccccc3C)CC=CCN12. The molecule has 0 bridgehead atoms. The number of methoxy groups -OCH3 is 1. The van der Waals surface area contributed by atoms with Crippen LogP contribution in [0, 0.1) is 13.8 Å². The number of hydrogen-bond donors (Lipinski definition) is 0. The van der Waals surface area contributed by atoms with E-state index >= 15 is 0 Å². The van der Waals surface area contributed by atoms with E-state index in [0.29, 0.717) is 24.6 Å². The van der Waals surface area contributed by atoms with Crippen molar-refractivity contribution < 1.29 is 13.2 Å². The third kappa shape index (κ3) is 4.66. The Hall–Kier alpha value is -2.77. The molecule has 3 atom stereocenters. The number of nitrogens with zero attached hydrogens (tertiary/aromatic N) is 2. The quantitative estimate of drug-likeness (QED) is 0.445. The van der Waals surface area contributed by atoms with Crippen molar-refractivity contribution in [2.75, 3.05) is 33.4 Å². The first-order valence-electron chi connectivity index (χ1n) is 12.5. The largest absolute Gasteiger partial charge is 0.383 e. The molecule has 0 aliphatic carbocycles. The first-order chi connectivity index (χ1) is 17.4. The minimum absolute atomic E-state index is 0.0821. The fourth-order valence-corrected chi connectivity index (χ4v) is 7.33. The number of benzene rings is 3. The Morgan fingerprint density at radius 1 is 0.889 bits per heavy atom. The van der Waals surface area contributed by atoms with Gasteiger partial charge in [0.25, 0.3) is 0 Å². The second kappa shape index (κ2) is 10.3. The zero-order valence-electron chi connectivity index (χ0n) is 21.2. The summed E-state index contributed by atoms with van der Waals surface area (Å²) in [5, 5.41) is 0. The maximum absolute atomic E-state index is 13.7. The van der Waals surface area contributed by atoms with Gasteiger partial charge in [-0.25, -0.2) is 8.42 Å². The van der Waals surface area contributed by atoms with Crippen LogP contribution in [0.15, 0.2) is 89.8 Å².